The first-order valence-corrected chi connectivity index (χ1v) is 5.41. The third-order valence-corrected chi connectivity index (χ3v) is 2.76. The van der Waals surface area contributed by atoms with Crippen molar-refractivity contribution in [3.05, 3.63) is 23.4 Å². The first-order valence-electron chi connectivity index (χ1n) is 5.41. The second-order valence-electron chi connectivity index (χ2n) is 4.07. The van der Waals surface area contributed by atoms with E-state index >= 15 is 0 Å². The summed E-state index contributed by atoms with van der Waals surface area (Å²) in [6.07, 6.45) is -3.30. The molecule has 0 unspecified atom stereocenters. The van der Waals surface area contributed by atoms with Crippen LogP contribution in [0.2, 0.25) is 0 Å². The molecule has 0 aromatic carbocycles. The van der Waals surface area contributed by atoms with Crippen LogP contribution in [0, 0.1) is 0 Å². The molecule has 1 aliphatic heterocycles. The van der Waals surface area contributed by atoms with E-state index in [0.29, 0.717) is 23.3 Å². The number of anilines is 1. The van der Waals surface area contributed by atoms with Crippen LogP contribution in [-0.2, 0) is 11.2 Å². The number of alkyl halides is 3. The number of pyridine rings is 1. The molecule has 0 fully saturated rings. The van der Waals surface area contributed by atoms with Crippen molar-refractivity contribution < 1.29 is 27.9 Å². The maximum Gasteiger partial charge on any atom is 0.471 e. The molecule has 1 aromatic heterocycles. The Morgan fingerprint density at radius 1 is 1.37 bits per heavy atom. The van der Waals surface area contributed by atoms with Gasteiger partial charge in [-0.2, -0.15) is 13.2 Å². The Bertz CT molecular complexity index is 542. The first kappa shape index (κ1) is 13.3. The maximum atomic E-state index is 12.4. The van der Waals surface area contributed by atoms with Gasteiger partial charge in [-0.3, -0.25) is 9.69 Å². The average molecular weight is 274 g/mol. The molecular formula is C11H9F3N2O3. The number of carbonyl (C=O) groups excluding carboxylic acids is 1. The highest BCUT2D eigenvalue weighted by Gasteiger charge is 2.44. The van der Waals surface area contributed by atoms with Crippen molar-refractivity contribution in [2.45, 2.75) is 19.0 Å². The van der Waals surface area contributed by atoms with Crippen molar-refractivity contribution in [3.8, 4) is 0 Å². The molecular weight excluding hydrogens is 265 g/mol. The number of hydrogen-bond acceptors (Lipinski definition) is 3. The Morgan fingerprint density at radius 2 is 2.05 bits per heavy atom. The predicted octanol–water partition coefficient (Wildman–Crippen LogP) is 1.62. The van der Waals surface area contributed by atoms with Gasteiger partial charge in [0.05, 0.1) is 5.56 Å². The minimum absolute atomic E-state index is 0.0786. The smallest absolute Gasteiger partial charge is 0.471 e. The summed E-state index contributed by atoms with van der Waals surface area (Å²) in [6.45, 7) is -0.0786. The quantitative estimate of drug-likeness (QED) is 0.844. The number of hydrogen-bond donors (Lipinski definition) is 1. The Hall–Kier alpha value is -2.12. The Kier molecular flexibility index (Phi) is 3.17. The summed E-state index contributed by atoms with van der Waals surface area (Å²) in [7, 11) is 0. The van der Waals surface area contributed by atoms with E-state index in [0.717, 1.165) is 6.20 Å². The molecule has 2 rings (SSSR count). The second kappa shape index (κ2) is 4.52. The van der Waals surface area contributed by atoms with E-state index in [1.807, 2.05) is 0 Å². The van der Waals surface area contributed by atoms with Gasteiger partial charge < -0.3 is 5.11 Å². The second-order valence-corrected chi connectivity index (χ2v) is 4.07. The van der Waals surface area contributed by atoms with Gasteiger partial charge in [0.1, 0.15) is 5.82 Å². The molecule has 0 saturated heterocycles. The van der Waals surface area contributed by atoms with Crippen molar-refractivity contribution >= 4 is 17.7 Å². The number of aryl methyl sites for hydroxylation is 1. The number of fused-ring (bicyclic) bond motifs is 1. The molecule has 0 aliphatic carbocycles. The first-order chi connectivity index (χ1) is 8.80. The number of carboxylic acid groups (broad SMARTS) is 1. The van der Waals surface area contributed by atoms with Gasteiger partial charge in [0.15, 0.2) is 0 Å². The molecule has 1 amide bonds. The minimum atomic E-state index is -4.97. The van der Waals surface area contributed by atoms with Crippen LogP contribution in [0.4, 0.5) is 19.0 Å². The molecule has 0 atom stereocenters. The van der Waals surface area contributed by atoms with Crippen molar-refractivity contribution in [2.75, 3.05) is 11.4 Å². The van der Waals surface area contributed by atoms with E-state index in [1.165, 1.54) is 6.07 Å². The van der Waals surface area contributed by atoms with Gasteiger partial charge in [-0.1, -0.05) is 0 Å². The largest absolute Gasteiger partial charge is 0.478 e. The highest BCUT2D eigenvalue weighted by molar-refractivity contribution is 5.98. The summed E-state index contributed by atoms with van der Waals surface area (Å²) >= 11 is 0. The molecule has 0 radical (unpaired) electrons. The molecule has 1 N–H and O–H groups in total. The lowest BCUT2D eigenvalue weighted by Gasteiger charge is -2.28. The lowest BCUT2D eigenvalue weighted by molar-refractivity contribution is -0.170. The predicted molar refractivity (Wildman–Crippen MR) is 57.9 cm³/mol. The lowest BCUT2D eigenvalue weighted by atomic mass is 10.0. The highest BCUT2D eigenvalue weighted by atomic mass is 19.4. The lowest BCUT2D eigenvalue weighted by Crippen LogP contribution is -2.44. The van der Waals surface area contributed by atoms with Gasteiger partial charge in [0.2, 0.25) is 0 Å². The summed E-state index contributed by atoms with van der Waals surface area (Å²) in [4.78, 5) is 26.2. The van der Waals surface area contributed by atoms with Gasteiger partial charge in [-0.15, -0.1) is 0 Å². The van der Waals surface area contributed by atoms with Crippen LogP contribution < -0.4 is 4.90 Å². The van der Waals surface area contributed by atoms with Crippen LogP contribution in [0.15, 0.2) is 12.3 Å². The molecule has 102 valence electrons. The Balaban J connectivity index is 2.40. The molecule has 19 heavy (non-hydrogen) atoms. The summed E-state index contributed by atoms with van der Waals surface area (Å²) in [5.41, 5.74) is 0.226. The maximum absolute atomic E-state index is 12.4. The SMILES string of the molecule is O=C(O)c1cnc2c(c1)CCCN2C(=O)C(F)(F)F. The fraction of sp³-hybridized carbons (Fsp3) is 0.364. The highest BCUT2D eigenvalue weighted by Crippen LogP contribution is 2.29. The standard InChI is InChI=1S/C11H9F3N2O3/c12-11(13,14)10(19)16-3-1-2-6-4-7(9(17)18)5-15-8(6)16/h4-5H,1-3H2,(H,17,18). The van der Waals surface area contributed by atoms with Crippen LogP contribution in [0.25, 0.3) is 0 Å². The van der Waals surface area contributed by atoms with Gasteiger partial charge in [0, 0.05) is 12.7 Å². The molecule has 0 saturated carbocycles. The molecule has 8 heteroatoms. The number of rotatable bonds is 1. The number of carbonyl (C=O) groups is 2. The summed E-state index contributed by atoms with van der Waals surface area (Å²) in [5.74, 6) is -3.31. The van der Waals surface area contributed by atoms with Gasteiger partial charge in [-0.25, -0.2) is 9.78 Å². The van der Waals surface area contributed by atoms with Crippen LogP contribution in [0.1, 0.15) is 22.3 Å². The normalized spacial score (nSPS) is 15.0. The van der Waals surface area contributed by atoms with Crippen LogP contribution in [0.3, 0.4) is 0 Å². The van der Waals surface area contributed by atoms with Crippen molar-refractivity contribution in [1.29, 1.82) is 0 Å². The summed E-state index contributed by atoms with van der Waals surface area (Å²) in [6, 6.07) is 1.25. The zero-order chi connectivity index (χ0) is 14.2. The fourth-order valence-corrected chi connectivity index (χ4v) is 1.93. The number of aromatic nitrogens is 1. The number of nitrogens with zero attached hydrogens (tertiary/aromatic N) is 2. The topological polar surface area (TPSA) is 70.5 Å². The van der Waals surface area contributed by atoms with Crippen molar-refractivity contribution in [1.82, 2.24) is 4.98 Å². The summed E-state index contributed by atoms with van der Waals surface area (Å²) in [5, 5.41) is 8.79. The average Bonchev–Trinajstić information content (AvgIpc) is 2.35. The molecule has 2 heterocycles. The number of aromatic carboxylic acids is 1. The van der Waals surface area contributed by atoms with E-state index < -0.39 is 18.1 Å². The molecule has 5 nitrogen and oxygen atoms in total. The fourth-order valence-electron chi connectivity index (χ4n) is 1.93. The number of halogens is 3. The van der Waals surface area contributed by atoms with Crippen molar-refractivity contribution in [2.24, 2.45) is 0 Å². The van der Waals surface area contributed by atoms with Gasteiger partial charge in [-0.05, 0) is 24.5 Å². The van der Waals surface area contributed by atoms with E-state index in [9.17, 15) is 22.8 Å². The molecule has 1 aliphatic rings. The van der Waals surface area contributed by atoms with Crippen LogP contribution in [0.5, 0.6) is 0 Å². The zero-order valence-electron chi connectivity index (χ0n) is 9.57. The van der Waals surface area contributed by atoms with Crippen LogP contribution >= 0.6 is 0 Å². The Morgan fingerprint density at radius 3 is 2.63 bits per heavy atom. The molecule has 0 bridgehead atoms. The van der Waals surface area contributed by atoms with Crippen molar-refractivity contribution in [3.63, 3.8) is 0 Å². The minimum Gasteiger partial charge on any atom is -0.478 e. The Labute approximate surface area is 105 Å². The molecule has 0 spiro atoms. The number of amides is 1. The van der Waals surface area contributed by atoms with E-state index in [-0.39, 0.29) is 17.9 Å². The van der Waals surface area contributed by atoms with Gasteiger partial charge >= 0.3 is 18.1 Å². The van der Waals surface area contributed by atoms with E-state index in [1.54, 1.807) is 0 Å². The molecule has 1 aromatic rings. The monoisotopic (exact) mass is 274 g/mol. The van der Waals surface area contributed by atoms with E-state index in [4.69, 9.17) is 5.11 Å². The third kappa shape index (κ3) is 2.51. The zero-order valence-corrected chi connectivity index (χ0v) is 9.57. The van der Waals surface area contributed by atoms with Crippen LogP contribution in [-0.4, -0.2) is 34.7 Å². The number of carboxylic acids is 1. The third-order valence-electron chi connectivity index (χ3n) is 2.76. The van der Waals surface area contributed by atoms with E-state index in [2.05, 4.69) is 4.98 Å². The summed E-state index contributed by atoms with van der Waals surface area (Å²) < 4.78 is 37.3. The van der Waals surface area contributed by atoms with Gasteiger partial charge in [0.25, 0.3) is 0 Å².